The van der Waals surface area contributed by atoms with Gasteiger partial charge in [-0.2, -0.15) is 5.10 Å². The number of carbonyl (C=O) groups excluding carboxylic acids is 1. The summed E-state index contributed by atoms with van der Waals surface area (Å²) in [5.41, 5.74) is 3.93. The van der Waals surface area contributed by atoms with Crippen molar-refractivity contribution in [3.63, 3.8) is 0 Å². The summed E-state index contributed by atoms with van der Waals surface area (Å²) in [6.07, 6.45) is 1.78. The van der Waals surface area contributed by atoms with Crippen LogP contribution in [0.2, 0.25) is 0 Å². The number of carbonyl (C=O) groups is 1. The quantitative estimate of drug-likeness (QED) is 0.588. The third kappa shape index (κ3) is 2.99. The van der Waals surface area contributed by atoms with Crippen molar-refractivity contribution in [2.45, 2.75) is 13.8 Å². The third-order valence-corrected chi connectivity index (χ3v) is 4.58. The van der Waals surface area contributed by atoms with Crippen molar-refractivity contribution < 1.29 is 9.18 Å². The largest absolute Gasteiger partial charge is 0.350 e. The van der Waals surface area contributed by atoms with Gasteiger partial charge in [-0.05, 0) is 44.2 Å². The van der Waals surface area contributed by atoms with Crippen LogP contribution >= 0.6 is 0 Å². The fourth-order valence-electron chi connectivity index (χ4n) is 3.35. The summed E-state index contributed by atoms with van der Waals surface area (Å²) in [6, 6.07) is 14.2. The zero-order valence-corrected chi connectivity index (χ0v) is 15.3. The van der Waals surface area contributed by atoms with Crippen molar-refractivity contribution in [3.8, 4) is 5.69 Å². The van der Waals surface area contributed by atoms with Crippen molar-refractivity contribution in [3.05, 3.63) is 77.5 Å². The number of amides is 1. The second-order valence-corrected chi connectivity index (χ2v) is 6.63. The topological polar surface area (TPSA) is 51.9 Å². The molecule has 5 nitrogen and oxygen atoms in total. The molecule has 0 atom stereocenters. The molecule has 2 aromatic carbocycles. The number of aryl methyl sites for hydroxylation is 3. The van der Waals surface area contributed by atoms with Crippen LogP contribution in [0.5, 0.6) is 0 Å². The number of hydrogen-bond acceptors (Lipinski definition) is 2. The maximum absolute atomic E-state index is 14.6. The van der Waals surface area contributed by atoms with Crippen molar-refractivity contribution in [1.29, 1.82) is 0 Å². The van der Waals surface area contributed by atoms with Gasteiger partial charge in [-0.1, -0.05) is 18.2 Å². The number of fused-ring (bicyclic) bond motifs is 1. The van der Waals surface area contributed by atoms with E-state index in [0.29, 0.717) is 16.9 Å². The summed E-state index contributed by atoms with van der Waals surface area (Å²) in [5.74, 6) is -0.720. The Labute approximate surface area is 156 Å². The number of rotatable bonds is 3. The maximum Gasteiger partial charge on any atom is 0.257 e. The molecule has 1 amide bonds. The van der Waals surface area contributed by atoms with Gasteiger partial charge in [0.05, 0.1) is 11.3 Å². The van der Waals surface area contributed by atoms with Crippen molar-refractivity contribution >= 4 is 22.5 Å². The van der Waals surface area contributed by atoms with Gasteiger partial charge in [0.2, 0.25) is 0 Å². The van der Waals surface area contributed by atoms with E-state index >= 15 is 0 Å². The molecule has 0 saturated heterocycles. The number of para-hydroxylation sites is 1. The Bertz CT molecular complexity index is 1170. The minimum atomic E-state index is -0.447. The molecule has 0 aliphatic heterocycles. The van der Waals surface area contributed by atoms with Crippen LogP contribution in [-0.2, 0) is 7.05 Å². The minimum Gasteiger partial charge on any atom is -0.350 e. The van der Waals surface area contributed by atoms with Gasteiger partial charge < -0.3 is 9.88 Å². The highest BCUT2D eigenvalue weighted by atomic mass is 19.1. The van der Waals surface area contributed by atoms with Gasteiger partial charge in [0.25, 0.3) is 5.91 Å². The Balaban J connectivity index is 1.64. The molecule has 4 rings (SSSR count). The van der Waals surface area contributed by atoms with E-state index < -0.39 is 5.82 Å². The summed E-state index contributed by atoms with van der Waals surface area (Å²) in [6.45, 7) is 3.73. The maximum atomic E-state index is 14.6. The Hall–Kier alpha value is -3.41. The van der Waals surface area contributed by atoms with E-state index in [1.807, 2.05) is 55.8 Å². The van der Waals surface area contributed by atoms with E-state index in [9.17, 15) is 9.18 Å². The molecule has 0 fully saturated rings. The lowest BCUT2D eigenvalue weighted by molar-refractivity contribution is 0.102. The Morgan fingerprint density at radius 3 is 2.59 bits per heavy atom. The molecular formula is C21H19FN4O. The fourth-order valence-corrected chi connectivity index (χ4v) is 3.35. The van der Waals surface area contributed by atoms with Crippen molar-refractivity contribution in [2.75, 3.05) is 5.32 Å². The van der Waals surface area contributed by atoms with Gasteiger partial charge in [-0.3, -0.25) is 4.79 Å². The highest BCUT2D eigenvalue weighted by Crippen LogP contribution is 2.23. The Morgan fingerprint density at radius 1 is 1.11 bits per heavy atom. The van der Waals surface area contributed by atoms with Crippen LogP contribution in [0, 0.1) is 19.7 Å². The first kappa shape index (κ1) is 17.0. The number of anilines is 1. The predicted molar refractivity (Wildman–Crippen MR) is 104 cm³/mol. The average Bonchev–Trinajstić information content (AvgIpc) is 3.15. The molecule has 136 valence electrons. The molecule has 0 aliphatic carbocycles. The van der Waals surface area contributed by atoms with Gasteiger partial charge in [-0.25, -0.2) is 9.07 Å². The Kier molecular flexibility index (Phi) is 4.03. The Morgan fingerprint density at radius 2 is 1.89 bits per heavy atom. The van der Waals surface area contributed by atoms with Crippen LogP contribution in [0.15, 0.2) is 54.7 Å². The van der Waals surface area contributed by atoms with Gasteiger partial charge in [-0.15, -0.1) is 0 Å². The summed E-state index contributed by atoms with van der Waals surface area (Å²) >= 11 is 0. The molecule has 2 heterocycles. The zero-order chi connectivity index (χ0) is 19.1. The van der Waals surface area contributed by atoms with Crippen LogP contribution in [0.4, 0.5) is 10.1 Å². The molecule has 0 aliphatic rings. The van der Waals surface area contributed by atoms with E-state index in [4.69, 9.17) is 0 Å². The van der Waals surface area contributed by atoms with Crippen molar-refractivity contribution in [2.24, 2.45) is 7.05 Å². The first-order valence-electron chi connectivity index (χ1n) is 8.62. The smallest absolute Gasteiger partial charge is 0.257 e. The summed E-state index contributed by atoms with van der Waals surface area (Å²) in [5, 5.41) is 7.94. The first-order chi connectivity index (χ1) is 12.9. The average molecular weight is 362 g/mol. The predicted octanol–water partition coefficient (Wildman–Crippen LogP) is 4.37. The number of nitrogens with one attached hydrogen (secondary N) is 1. The van der Waals surface area contributed by atoms with E-state index in [-0.39, 0.29) is 5.91 Å². The van der Waals surface area contributed by atoms with Gasteiger partial charge in [0.1, 0.15) is 5.69 Å². The minimum absolute atomic E-state index is 0.273. The fraction of sp³-hybridized carbons (Fsp3) is 0.143. The number of hydrogen-bond donors (Lipinski definition) is 1. The number of aromatic nitrogens is 3. The second-order valence-electron chi connectivity index (χ2n) is 6.63. The van der Waals surface area contributed by atoms with Crippen LogP contribution < -0.4 is 5.32 Å². The van der Waals surface area contributed by atoms with Crippen LogP contribution in [0.25, 0.3) is 16.6 Å². The van der Waals surface area contributed by atoms with E-state index in [2.05, 4.69) is 10.4 Å². The molecule has 6 heteroatoms. The normalized spacial score (nSPS) is 11.1. The monoisotopic (exact) mass is 362 g/mol. The molecule has 0 bridgehead atoms. The highest BCUT2D eigenvalue weighted by molar-refractivity contribution is 6.13. The molecule has 4 aromatic rings. The number of halogens is 1. The molecule has 0 radical (unpaired) electrons. The standard InChI is InChI=1S/C21H19FN4O/c1-13-10-14(2)26(24-13)20-9-8-15(11-18(20)22)23-21(27)17-12-25(3)19-7-5-4-6-16(17)19/h4-12H,1-3H3,(H,23,27). The highest BCUT2D eigenvalue weighted by Gasteiger charge is 2.15. The molecule has 1 N–H and O–H groups in total. The number of benzene rings is 2. The van der Waals surface area contributed by atoms with Crippen LogP contribution in [-0.4, -0.2) is 20.3 Å². The second kappa shape index (κ2) is 6.39. The lowest BCUT2D eigenvalue weighted by atomic mass is 10.1. The van der Waals surface area contributed by atoms with E-state index in [1.165, 1.54) is 6.07 Å². The summed E-state index contributed by atoms with van der Waals surface area (Å²) < 4.78 is 18.1. The molecule has 0 spiro atoms. The van der Waals surface area contributed by atoms with Gasteiger partial charge in [0.15, 0.2) is 5.82 Å². The summed E-state index contributed by atoms with van der Waals surface area (Å²) in [7, 11) is 1.89. The third-order valence-electron chi connectivity index (χ3n) is 4.58. The first-order valence-corrected chi connectivity index (χ1v) is 8.62. The molecule has 0 saturated carbocycles. The van der Waals surface area contributed by atoms with Crippen LogP contribution in [0.1, 0.15) is 21.7 Å². The molecule has 27 heavy (non-hydrogen) atoms. The molecule has 2 aromatic heterocycles. The lowest BCUT2D eigenvalue weighted by Gasteiger charge is -2.09. The lowest BCUT2D eigenvalue weighted by Crippen LogP contribution is -2.12. The number of nitrogens with zero attached hydrogens (tertiary/aromatic N) is 3. The molecular weight excluding hydrogens is 343 g/mol. The van der Waals surface area contributed by atoms with E-state index in [1.54, 1.807) is 23.0 Å². The SMILES string of the molecule is Cc1cc(C)n(-c2ccc(NC(=O)c3cn(C)c4ccccc34)cc2F)n1. The van der Waals surface area contributed by atoms with Crippen molar-refractivity contribution in [1.82, 2.24) is 14.3 Å². The van der Waals surface area contributed by atoms with Gasteiger partial charge in [0, 0.05) is 35.5 Å². The zero-order valence-electron chi connectivity index (χ0n) is 15.3. The molecule has 0 unspecified atom stereocenters. The van der Waals surface area contributed by atoms with E-state index in [0.717, 1.165) is 22.3 Å². The van der Waals surface area contributed by atoms with Crippen LogP contribution in [0.3, 0.4) is 0 Å². The summed E-state index contributed by atoms with van der Waals surface area (Å²) in [4.78, 5) is 12.7. The van der Waals surface area contributed by atoms with Gasteiger partial charge >= 0.3 is 0 Å².